The third-order valence-electron chi connectivity index (χ3n) is 2.59. The predicted octanol–water partition coefficient (Wildman–Crippen LogP) is 3.75. The van der Waals surface area contributed by atoms with E-state index in [1.165, 1.54) is 0 Å². The number of benzene rings is 2. The van der Waals surface area contributed by atoms with Crippen molar-refractivity contribution in [3.05, 3.63) is 60.4 Å². The van der Waals surface area contributed by atoms with E-state index in [-0.39, 0.29) is 0 Å². The van der Waals surface area contributed by atoms with Crippen molar-refractivity contribution in [2.45, 2.75) is 0 Å². The second-order valence-electron chi connectivity index (χ2n) is 3.88. The lowest BCUT2D eigenvalue weighted by Crippen LogP contribution is -1.89. The SMILES string of the molecule is COc1cc(OC)cc(O/C=C/c2ccccc2)c1. The van der Waals surface area contributed by atoms with Crippen LogP contribution in [0.4, 0.5) is 0 Å². The highest BCUT2D eigenvalue weighted by Gasteiger charge is 2.01. The van der Waals surface area contributed by atoms with Crippen molar-refractivity contribution >= 4 is 6.08 Å². The molecule has 98 valence electrons. The summed E-state index contributed by atoms with van der Waals surface area (Å²) < 4.78 is 15.9. The van der Waals surface area contributed by atoms with Crippen LogP contribution in [-0.4, -0.2) is 14.2 Å². The second-order valence-corrected chi connectivity index (χ2v) is 3.88. The Morgan fingerprint density at radius 3 is 1.95 bits per heavy atom. The van der Waals surface area contributed by atoms with E-state index in [2.05, 4.69) is 0 Å². The molecule has 0 saturated heterocycles. The molecule has 3 nitrogen and oxygen atoms in total. The number of ether oxygens (including phenoxy) is 3. The monoisotopic (exact) mass is 256 g/mol. The van der Waals surface area contributed by atoms with Crippen molar-refractivity contribution in [1.82, 2.24) is 0 Å². The molecule has 0 spiro atoms. The number of rotatable bonds is 5. The van der Waals surface area contributed by atoms with Crippen LogP contribution in [0.25, 0.3) is 6.08 Å². The van der Waals surface area contributed by atoms with E-state index in [0.29, 0.717) is 17.2 Å². The fraction of sp³-hybridized carbons (Fsp3) is 0.125. The van der Waals surface area contributed by atoms with Crippen molar-refractivity contribution in [3.63, 3.8) is 0 Å². The van der Waals surface area contributed by atoms with Crippen LogP contribution in [0.1, 0.15) is 5.56 Å². The van der Waals surface area contributed by atoms with E-state index in [1.54, 1.807) is 38.7 Å². The summed E-state index contributed by atoms with van der Waals surface area (Å²) in [6.45, 7) is 0. The van der Waals surface area contributed by atoms with Gasteiger partial charge in [0, 0.05) is 18.2 Å². The number of hydrogen-bond donors (Lipinski definition) is 0. The van der Waals surface area contributed by atoms with Gasteiger partial charge in [0.15, 0.2) is 0 Å². The average Bonchev–Trinajstić information content (AvgIpc) is 2.48. The third-order valence-corrected chi connectivity index (χ3v) is 2.59. The smallest absolute Gasteiger partial charge is 0.133 e. The van der Waals surface area contributed by atoms with Gasteiger partial charge >= 0.3 is 0 Å². The van der Waals surface area contributed by atoms with Gasteiger partial charge in [0.2, 0.25) is 0 Å². The summed E-state index contributed by atoms with van der Waals surface area (Å²) >= 11 is 0. The van der Waals surface area contributed by atoms with E-state index in [9.17, 15) is 0 Å². The second kappa shape index (κ2) is 6.50. The Labute approximate surface area is 113 Å². The topological polar surface area (TPSA) is 27.7 Å². The lowest BCUT2D eigenvalue weighted by atomic mass is 10.2. The quantitative estimate of drug-likeness (QED) is 0.762. The summed E-state index contributed by atoms with van der Waals surface area (Å²) in [7, 11) is 3.22. The van der Waals surface area contributed by atoms with Crippen LogP contribution in [-0.2, 0) is 0 Å². The summed E-state index contributed by atoms with van der Waals surface area (Å²) in [5.41, 5.74) is 1.08. The minimum Gasteiger partial charge on any atom is -0.496 e. The molecule has 0 aromatic heterocycles. The summed E-state index contributed by atoms with van der Waals surface area (Å²) in [5.74, 6) is 2.06. The van der Waals surface area contributed by atoms with E-state index in [0.717, 1.165) is 5.56 Å². The molecule has 0 bridgehead atoms. The van der Waals surface area contributed by atoms with Gasteiger partial charge in [0.1, 0.15) is 17.2 Å². The first-order valence-corrected chi connectivity index (χ1v) is 5.93. The summed E-state index contributed by atoms with van der Waals surface area (Å²) in [4.78, 5) is 0. The molecule has 0 radical (unpaired) electrons. The molecule has 0 aliphatic heterocycles. The third kappa shape index (κ3) is 3.78. The molecule has 0 fully saturated rings. The van der Waals surface area contributed by atoms with Crippen molar-refractivity contribution in [2.75, 3.05) is 14.2 Å². The van der Waals surface area contributed by atoms with Gasteiger partial charge < -0.3 is 14.2 Å². The van der Waals surface area contributed by atoms with E-state index >= 15 is 0 Å². The molecular weight excluding hydrogens is 240 g/mol. The van der Waals surface area contributed by atoms with Crippen LogP contribution in [0.2, 0.25) is 0 Å². The molecule has 0 heterocycles. The molecule has 2 aromatic carbocycles. The first-order valence-electron chi connectivity index (χ1n) is 5.93. The maximum atomic E-state index is 5.55. The molecule has 0 aliphatic carbocycles. The van der Waals surface area contributed by atoms with Gasteiger partial charge in [-0.2, -0.15) is 0 Å². The Morgan fingerprint density at radius 2 is 1.37 bits per heavy atom. The maximum Gasteiger partial charge on any atom is 0.133 e. The number of hydrogen-bond acceptors (Lipinski definition) is 3. The summed E-state index contributed by atoms with van der Waals surface area (Å²) in [6.07, 6.45) is 3.54. The molecule has 0 amide bonds. The largest absolute Gasteiger partial charge is 0.496 e. The van der Waals surface area contributed by atoms with Crippen LogP contribution in [0, 0.1) is 0 Å². The normalized spacial score (nSPS) is 10.4. The Bertz CT molecular complexity index is 525. The Balaban J connectivity index is 2.08. The van der Waals surface area contributed by atoms with Gasteiger partial charge in [-0.25, -0.2) is 0 Å². The highest BCUT2D eigenvalue weighted by Crippen LogP contribution is 2.27. The highest BCUT2D eigenvalue weighted by molar-refractivity contribution is 5.49. The Hall–Kier alpha value is -2.42. The molecular formula is C16H16O3. The highest BCUT2D eigenvalue weighted by atomic mass is 16.5. The lowest BCUT2D eigenvalue weighted by Gasteiger charge is -2.07. The molecule has 0 aliphatic rings. The summed E-state index contributed by atoms with van der Waals surface area (Å²) in [5, 5.41) is 0. The Kier molecular flexibility index (Phi) is 4.45. The zero-order chi connectivity index (χ0) is 13.5. The molecule has 0 atom stereocenters. The maximum absolute atomic E-state index is 5.55. The van der Waals surface area contributed by atoms with Crippen LogP contribution >= 0.6 is 0 Å². The standard InChI is InChI=1S/C16H16O3/c1-17-14-10-15(18-2)12-16(11-14)19-9-8-13-6-4-3-5-7-13/h3-12H,1-2H3/b9-8+. The van der Waals surface area contributed by atoms with Crippen LogP contribution in [0.15, 0.2) is 54.8 Å². The Morgan fingerprint density at radius 1 is 0.789 bits per heavy atom. The van der Waals surface area contributed by atoms with Gasteiger partial charge in [-0.05, 0) is 11.6 Å². The van der Waals surface area contributed by atoms with Gasteiger partial charge in [-0.15, -0.1) is 0 Å². The van der Waals surface area contributed by atoms with Crippen molar-refractivity contribution in [1.29, 1.82) is 0 Å². The number of methoxy groups -OCH3 is 2. The predicted molar refractivity (Wildman–Crippen MR) is 75.7 cm³/mol. The average molecular weight is 256 g/mol. The molecule has 2 rings (SSSR count). The van der Waals surface area contributed by atoms with Crippen LogP contribution in [0.5, 0.6) is 17.2 Å². The first kappa shape index (κ1) is 13.0. The minimum atomic E-state index is 0.670. The van der Waals surface area contributed by atoms with Gasteiger partial charge in [0.25, 0.3) is 0 Å². The van der Waals surface area contributed by atoms with Crippen LogP contribution in [0.3, 0.4) is 0 Å². The summed E-state index contributed by atoms with van der Waals surface area (Å²) in [6, 6.07) is 15.4. The minimum absolute atomic E-state index is 0.670. The van der Waals surface area contributed by atoms with Crippen molar-refractivity contribution < 1.29 is 14.2 Å². The lowest BCUT2D eigenvalue weighted by molar-refractivity contribution is 0.386. The van der Waals surface area contributed by atoms with E-state index in [4.69, 9.17) is 14.2 Å². The van der Waals surface area contributed by atoms with Gasteiger partial charge in [0.05, 0.1) is 20.5 Å². The fourth-order valence-corrected chi connectivity index (χ4v) is 1.60. The molecule has 2 aromatic rings. The van der Waals surface area contributed by atoms with Crippen molar-refractivity contribution in [3.8, 4) is 17.2 Å². The zero-order valence-corrected chi connectivity index (χ0v) is 11.0. The fourth-order valence-electron chi connectivity index (χ4n) is 1.60. The van der Waals surface area contributed by atoms with Crippen LogP contribution < -0.4 is 14.2 Å². The van der Waals surface area contributed by atoms with Gasteiger partial charge in [-0.1, -0.05) is 30.3 Å². The molecule has 0 unspecified atom stereocenters. The van der Waals surface area contributed by atoms with Gasteiger partial charge in [-0.3, -0.25) is 0 Å². The molecule has 19 heavy (non-hydrogen) atoms. The van der Waals surface area contributed by atoms with E-state index < -0.39 is 0 Å². The van der Waals surface area contributed by atoms with Crippen molar-refractivity contribution in [2.24, 2.45) is 0 Å². The first-order chi connectivity index (χ1) is 9.31. The zero-order valence-electron chi connectivity index (χ0n) is 11.0. The van der Waals surface area contributed by atoms with E-state index in [1.807, 2.05) is 36.4 Å². The molecule has 0 saturated carbocycles. The molecule has 3 heteroatoms. The molecule has 0 N–H and O–H groups in total.